The summed E-state index contributed by atoms with van der Waals surface area (Å²) in [5, 5.41) is 7.31. The first-order valence-corrected chi connectivity index (χ1v) is 11.7. The fraction of sp³-hybridized carbons (Fsp3) is 0.160. The maximum atomic E-state index is 12.4. The van der Waals surface area contributed by atoms with Gasteiger partial charge in [-0.2, -0.15) is 5.10 Å². The number of carbonyl (C=O) groups is 2. The molecule has 182 valence electrons. The second-order valence-corrected chi connectivity index (χ2v) is 8.32. The predicted molar refractivity (Wildman–Crippen MR) is 139 cm³/mol. The summed E-state index contributed by atoms with van der Waals surface area (Å²) in [4.78, 5) is 24.5. The molecule has 3 aromatic carbocycles. The zero-order chi connectivity index (χ0) is 25.2. The smallest absolute Gasteiger partial charge is 0.271 e. The number of carbonyl (C=O) groups excluding carboxylic acids is 2. The van der Waals surface area contributed by atoms with Crippen LogP contribution >= 0.6 is 27.5 Å². The molecule has 0 aliphatic heterocycles. The number of rotatable bonds is 10. The number of benzene rings is 3. The average Bonchev–Trinajstić information content (AvgIpc) is 2.85. The molecule has 0 unspecified atom stereocenters. The van der Waals surface area contributed by atoms with Crippen LogP contribution in [-0.2, 0) is 4.79 Å². The molecule has 0 aliphatic carbocycles. The first-order valence-electron chi connectivity index (χ1n) is 10.5. The van der Waals surface area contributed by atoms with Crippen LogP contribution in [0.5, 0.6) is 17.2 Å². The average molecular weight is 561 g/mol. The van der Waals surface area contributed by atoms with Gasteiger partial charge < -0.3 is 19.5 Å². The van der Waals surface area contributed by atoms with Crippen LogP contribution in [0.1, 0.15) is 22.8 Å². The van der Waals surface area contributed by atoms with E-state index in [9.17, 15) is 9.59 Å². The number of nitrogens with one attached hydrogen (secondary N) is 2. The van der Waals surface area contributed by atoms with Gasteiger partial charge in [0.15, 0.2) is 18.1 Å². The second kappa shape index (κ2) is 12.8. The van der Waals surface area contributed by atoms with E-state index in [-0.39, 0.29) is 12.5 Å². The zero-order valence-corrected chi connectivity index (χ0v) is 21.4. The number of ether oxygens (including phenoxy) is 3. The van der Waals surface area contributed by atoms with Crippen LogP contribution < -0.4 is 25.0 Å². The van der Waals surface area contributed by atoms with E-state index in [0.29, 0.717) is 50.2 Å². The number of nitrogens with zero attached hydrogens (tertiary/aromatic N) is 1. The monoisotopic (exact) mass is 559 g/mol. The number of anilines is 1. The van der Waals surface area contributed by atoms with Gasteiger partial charge in [0.25, 0.3) is 11.8 Å². The minimum atomic E-state index is -0.393. The molecular formula is C25H23BrClN3O5. The Hall–Kier alpha value is -3.56. The van der Waals surface area contributed by atoms with Crippen molar-refractivity contribution >= 4 is 51.2 Å². The van der Waals surface area contributed by atoms with Gasteiger partial charge in [-0.25, -0.2) is 5.43 Å². The van der Waals surface area contributed by atoms with Crippen LogP contribution in [0.2, 0.25) is 5.02 Å². The molecule has 0 spiro atoms. The third-order valence-corrected chi connectivity index (χ3v) is 5.42. The summed E-state index contributed by atoms with van der Waals surface area (Å²) in [7, 11) is 1.53. The zero-order valence-electron chi connectivity index (χ0n) is 19.0. The molecule has 0 saturated heterocycles. The minimum Gasteiger partial charge on any atom is -0.493 e. The fourth-order valence-electron chi connectivity index (χ4n) is 2.90. The number of hydrogen-bond acceptors (Lipinski definition) is 6. The van der Waals surface area contributed by atoms with Gasteiger partial charge >= 0.3 is 0 Å². The minimum absolute atomic E-state index is 0.170. The van der Waals surface area contributed by atoms with Crippen LogP contribution in [-0.4, -0.2) is 38.4 Å². The molecule has 0 bridgehead atoms. The molecule has 0 fully saturated rings. The lowest BCUT2D eigenvalue weighted by atomic mass is 10.2. The Morgan fingerprint density at radius 3 is 2.43 bits per heavy atom. The number of halogens is 2. The van der Waals surface area contributed by atoms with Crippen LogP contribution in [0.25, 0.3) is 0 Å². The topological polar surface area (TPSA) is 98.3 Å². The summed E-state index contributed by atoms with van der Waals surface area (Å²) in [6, 6.07) is 16.9. The van der Waals surface area contributed by atoms with Crippen molar-refractivity contribution in [3.05, 3.63) is 81.3 Å². The van der Waals surface area contributed by atoms with Gasteiger partial charge in [-0.05, 0) is 89.1 Å². The Kier molecular flexibility index (Phi) is 9.51. The summed E-state index contributed by atoms with van der Waals surface area (Å²) in [5.41, 5.74) is 4.20. The highest BCUT2D eigenvalue weighted by Gasteiger charge is 2.11. The Balaban J connectivity index is 1.54. The van der Waals surface area contributed by atoms with Crippen molar-refractivity contribution in [1.29, 1.82) is 0 Å². The lowest BCUT2D eigenvalue weighted by Gasteiger charge is -2.10. The second-order valence-electron chi connectivity index (χ2n) is 7.03. The van der Waals surface area contributed by atoms with E-state index in [4.69, 9.17) is 25.8 Å². The summed E-state index contributed by atoms with van der Waals surface area (Å²) in [6.07, 6.45) is 1.49. The number of hydrazone groups is 1. The van der Waals surface area contributed by atoms with Crippen LogP contribution in [0.4, 0.5) is 5.69 Å². The molecule has 8 nitrogen and oxygen atoms in total. The fourth-order valence-corrected chi connectivity index (χ4v) is 3.54. The maximum Gasteiger partial charge on any atom is 0.271 e. The molecule has 0 heterocycles. The Bertz CT molecular complexity index is 1220. The van der Waals surface area contributed by atoms with E-state index in [1.807, 2.05) is 6.92 Å². The highest BCUT2D eigenvalue weighted by atomic mass is 79.9. The van der Waals surface area contributed by atoms with Crippen molar-refractivity contribution < 1.29 is 23.8 Å². The van der Waals surface area contributed by atoms with Crippen molar-refractivity contribution in [3.63, 3.8) is 0 Å². The third-order valence-electron chi connectivity index (χ3n) is 4.55. The van der Waals surface area contributed by atoms with Crippen molar-refractivity contribution in [2.24, 2.45) is 5.10 Å². The van der Waals surface area contributed by atoms with E-state index in [2.05, 4.69) is 31.8 Å². The first kappa shape index (κ1) is 26.1. The maximum absolute atomic E-state index is 12.4. The molecule has 0 aromatic heterocycles. The molecule has 2 N–H and O–H groups in total. The quantitative estimate of drug-likeness (QED) is 0.259. The van der Waals surface area contributed by atoms with Gasteiger partial charge in [-0.1, -0.05) is 11.6 Å². The van der Waals surface area contributed by atoms with Gasteiger partial charge in [0.1, 0.15) is 5.75 Å². The summed E-state index contributed by atoms with van der Waals surface area (Å²) >= 11 is 9.26. The highest BCUT2D eigenvalue weighted by molar-refractivity contribution is 9.10. The first-order chi connectivity index (χ1) is 16.9. The highest BCUT2D eigenvalue weighted by Crippen LogP contribution is 2.28. The van der Waals surface area contributed by atoms with Crippen LogP contribution in [0, 0.1) is 0 Å². The SMILES string of the molecule is CCOc1cc(C(=O)N/N=C/c2ccc(OCC(=O)Nc3ccc(Cl)cc3)c(Br)c2)ccc1OC. The number of amides is 2. The molecular weight excluding hydrogens is 538 g/mol. The Labute approximate surface area is 216 Å². The van der Waals surface area contributed by atoms with Crippen molar-refractivity contribution in [3.8, 4) is 17.2 Å². The molecule has 0 aliphatic rings. The van der Waals surface area contributed by atoms with Gasteiger partial charge in [0, 0.05) is 16.3 Å². The molecule has 0 radical (unpaired) electrons. The van der Waals surface area contributed by atoms with Gasteiger partial charge in [0.05, 0.1) is 24.4 Å². The van der Waals surface area contributed by atoms with E-state index >= 15 is 0 Å². The van der Waals surface area contributed by atoms with Crippen molar-refractivity contribution in [2.45, 2.75) is 6.92 Å². The van der Waals surface area contributed by atoms with E-state index in [0.717, 1.165) is 0 Å². The summed E-state index contributed by atoms with van der Waals surface area (Å²) < 4.78 is 16.9. The Morgan fingerprint density at radius 2 is 1.74 bits per heavy atom. The summed E-state index contributed by atoms with van der Waals surface area (Å²) in [6.45, 7) is 2.12. The standard InChI is InChI=1S/C25H23BrClN3O5/c1-3-34-23-13-17(5-11-22(23)33-2)25(32)30-28-14-16-4-10-21(20(26)12-16)35-15-24(31)29-19-8-6-18(27)7-9-19/h4-14H,3,15H2,1-2H3,(H,29,31)(H,30,32)/b28-14+. The Morgan fingerprint density at radius 1 is 1.00 bits per heavy atom. The molecule has 0 saturated carbocycles. The molecule has 3 aromatic rings. The molecule has 35 heavy (non-hydrogen) atoms. The molecule has 0 atom stereocenters. The van der Waals surface area contributed by atoms with E-state index in [1.54, 1.807) is 60.7 Å². The molecule has 3 rings (SSSR count). The van der Waals surface area contributed by atoms with Crippen molar-refractivity contribution in [1.82, 2.24) is 5.43 Å². The third kappa shape index (κ3) is 7.73. The van der Waals surface area contributed by atoms with E-state index in [1.165, 1.54) is 13.3 Å². The van der Waals surface area contributed by atoms with Crippen LogP contribution in [0.15, 0.2) is 70.2 Å². The van der Waals surface area contributed by atoms with Gasteiger partial charge in [0.2, 0.25) is 0 Å². The lowest BCUT2D eigenvalue weighted by molar-refractivity contribution is -0.118. The number of methoxy groups -OCH3 is 1. The predicted octanol–water partition coefficient (Wildman–Crippen LogP) is 5.29. The molecule has 10 heteroatoms. The summed E-state index contributed by atoms with van der Waals surface area (Å²) in [5.74, 6) is 0.808. The van der Waals surface area contributed by atoms with Gasteiger partial charge in [-0.15, -0.1) is 0 Å². The largest absolute Gasteiger partial charge is 0.493 e. The normalized spacial score (nSPS) is 10.6. The molecule has 2 amide bonds. The van der Waals surface area contributed by atoms with Crippen molar-refractivity contribution in [2.75, 3.05) is 25.6 Å². The van der Waals surface area contributed by atoms with E-state index < -0.39 is 5.91 Å². The lowest BCUT2D eigenvalue weighted by Crippen LogP contribution is -2.20. The number of hydrogen-bond donors (Lipinski definition) is 2. The van der Waals surface area contributed by atoms with Crippen LogP contribution in [0.3, 0.4) is 0 Å². The van der Waals surface area contributed by atoms with Gasteiger partial charge in [-0.3, -0.25) is 9.59 Å².